The van der Waals surface area contributed by atoms with Gasteiger partial charge in [0, 0.05) is 13.6 Å². The number of rotatable bonds is 6. The Morgan fingerprint density at radius 2 is 2.11 bits per heavy atom. The van der Waals surface area contributed by atoms with Gasteiger partial charge in [0.25, 0.3) is 0 Å². The molecule has 1 saturated carbocycles. The zero-order chi connectivity index (χ0) is 13.8. The summed E-state index contributed by atoms with van der Waals surface area (Å²) in [5, 5.41) is 7.79. The highest BCUT2D eigenvalue weighted by molar-refractivity contribution is 5.65. The number of hydrogen-bond donors (Lipinski definition) is 2. The summed E-state index contributed by atoms with van der Waals surface area (Å²) in [6, 6.07) is 0. The minimum atomic E-state index is 0.344. The van der Waals surface area contributed by atoms with Crippen LogP contribution in [0.15, 0.2) is 0 Å². The molecule has 0 spiro atoms. The van der Waals surface area contributed by atoms with Gasteiger partial charge in [-0.3, -0.25) is 4.68 Å². The fourth-order valence-electron chi connectivity index (χ4n) is 2.65. The molecule has 5 nitrogen and oxygen atoms in total. The van der Waals surface area contributed by atoms with Crippen molar-refractivity contribution in [1.29, 1.82) is 0 Å². The molecule has 108 valence electrons. The molecule has 3 N–H and O–H groups in total. The lowest BCUT2D eigenvalue weighted by Gasteiger charge is -2.12. The molecule has 0 aliphatic heterocycles. The van der Waals surface area contributed by atoms with E-state index in [1.165, 1.54) is 25.7 Å². The van der Waals surface area contributed by atoms with E-state index in [9.17, 15) is 0 Å². The Labute approximate surface area is 115 Å². The molecule has 1 aliphatic rings. The average Bonchev–Trinajstić information content (AvgIpc) is 2.96. The largest absolute Gasteiger partial charge is 0.394 e. The van der Waals surface area contributed by atoms with Crippen molar-refractivity contribution in [2.45, 2.75) is 51.6 Å². The average molecular weight is 266 g/mol. The number of nitrogens with zero attached hydrogens (tertiary/aromatic N) is 2. The Morgan fingerprint density at radius 1 is 1.42 bits per heavy atom. The van der Waals surface area contributed by atoms with E-state index in [2.05, 4.69) is 24.3 Å². The molecule has 0 bridgehead atoms. The van der Waals surface area contributed by atoms with Gasteiger partial charge >= 0.3 is 0 Å². The molecule has 0 unspecified atom stereocenters. The van der Waals surface area contributed by atoms with Crippen LogP contribution in [0.25, 0.3) is 0 Å². The van der Waals surface area contributed by atoms with E-state index in [1.807, 2.05) is 11.7 Å². The van der Waals surface area contributed by atoms with E-state index in [0.29, 0.717) is 12.0 Å². The predicted octanol–water partition coefficient (Wildman–Crippen LogP) is 2.50. The summed E-state index contributed by atoms with van der Waals surface area (Å²) in [5.41, 5.74) is 7.85. The second-order valence-electron chi connectivity index (χ2n) is 5.63. The molecule has 1 aliphatic carbocycles. The summed E-state index contributed by atoms with van der Waals surface area (Å²) in [5.74, 6) is 1.25. The van der Waals surface area contributed by atoms with E-state index in [4.69, 9.17) is 10.5 Å². The summed E-state index contributed by atoms with van der Waals surface area (Å²) in [6.45, 7) is 5.71. The molecule has 0 radical (unpaired) electrons. The third kappa shape index (κ3) is 3.41. The molecular weight excluding hydrogens is 240 g/mol. The van der Waals surface area contributed by atoms with E-state index in [-0.39, 0.29) is 0 Å². The fraction of sp³-hybridized carbons (Fsp3) is 0.786. The molecule has 1 fully saturated rings. The molecule has 1 aromatic heterocycles. The Hall–Kier alpha value is -1.23. The molecule has 0 saturated heterocycles. The Morgan fingerprint density at radius 3 is 2.68 bits per heavy atom. The topological polar surface area (TPSA) is 65.1 Å². The first-order valence-electron chi connectivity index (χ1n) is 7.27. The Kier molecular flexibility index (Phi) is 4.69. The van der Waals surface area contributed by atoms with Crippen molar-refractivity contribution in [3.63, 3.8) is 0 Å². The van der Waals surface area contributed by atoms with Gasteiger partial charge in [0.05, 0.1) is 24.1 Å². The minimum absolute atomic E-state index is 0.344. The molecular formula is C14H26N4O. The third-order valence-electron chi connectivity index (χ3n) is 3.71. The van der Waals surface area contributed by atoms with Gasteiger partial charge in [0.2, 0.25) is 0 Å². The van der Waals surface area contributed by atoms with Crippen molar-refractivity contribution in [1.82, 2.24) is 9.78 Å². The third-order valence-corrected chi connectivity index (χ3v) is 3.71. The van der Waals surface area contributed by atoms with Gasteiger partial charge in [-0.2, -0.15) is 5.10 Å². The highest BCUT2D eigenvalue weighted by atomic mass is 16.5. The van der Waals surface area contributed by atoms with Crippen LogP contribution < -0.4 is 11.1 Å². The van der Waals surface area contributed by atoms with Crippen LogP contribution in [-0.2, 0) is 11.8 Å². The van der Waals surface area contributed by atoms with Gasteiger partial charge in [-0.25, -0.2) is 0 Å². The second-order valence-corrected chi connectivity index (χ2v) is 5.63. The molecule has 0 amide bonds. The first kappa shape index (κ1) is 14.2. The maximum atomic E-state index is 6.12. The van der Waals surface area contributed by atoms with E-state index >= 15 is 0 Å². The van der Waals surface area contributed by atoms with Crippen LogP contribution in [0.3, 0.4) is 0 Å². The first-order valence-corrected chi connectivity index (χ1v) is 7.27. The van der Waals surface area contributed by atoms with Gasteiger partial charge in [0.15, 0.2) is 0 Å². The highest BCUT2D eigenvalue weighted by Gasteiger charge is 2.17. The minimum Gasteiger partial charge on any atom is -0.394 e. The van der Waals surface area contributed by atoms with Crippen molar-refractivity contribution >= 4 is 11.5 Å². The first-order chi connectivity index (χ1) is 9.09. The molecule has 19 heavy (non-hydrogen) atoms. The van der Waals surface area contributed by atoms with Gasteiger partial charge in [-0.05, 0) is 18.8 Å². The Bertz CT molecular complexity index is 408. The van der Waals surface area contributed by atoms with Crippen LogP contribution in [0.4, 0.5) is 11.5 Å². The standard InChI is InChI=1S/C14H26N4O/c1-10(2)13-12(15)14(18(3)17-13)16-8-9-19-11-6-4-5-7-11/h10-11,16H,4-9,15H2,1-3H3. The van der Waals surface area contributed by atoms with Crippen molar-refractivity contribution in [2.24, 2.45) is 7.05 Å². The van der Waals surface area contributed by atoms with E-state index in [1.54, 1.807) is 0 Å². The lowest BCUT2D eigenvalue weighted by Crippen LogP contribution is -2.17. The number of nitrogens with one attached hydrogen (secondary N) is 1. The summed E-state index contributed by atoms with van der Waals surface area (Å²) >= 11 is 0. The van der Waals surface area contributed by atoms with Crippen LogP contribution in [0.2, 0.25) is 0 Å². The quantitative estimate of drug-likeness (QED) is 0.776. The molecule has 2 rings (SSSR count). The lowest BCUT2D eigenvalue weighted by molar-refractivity contribution is 0.0658. The van der Waals surface area contributed by atoms with Crippen LogP contribution >= 0.6 is 0 Å². The smallest absolute Gasteiger partial charge is 0.147 e. The summed E-state index contributed by atoms with van der Waals surface area (Å²) in [6.07, 6.45) is 5.52. The predicted molar refractivity (Wildman–Crippen MR) is 78.4 cm³/mol. The van der Waals surface area contributed by atoms with Crippen LogP contribution in [0.1, 0.15) is 51.1 Å². The zero-order valence-electron chi connectivity index (χ0n) is 12.3. The van der Waals surface area contributed by atoms with Crippen molar-refractivity contribution in [3.05, 3.63) is 5.69 Å². The highest BCUT2D eigenvalue weighted by Crippen LogP contribution is 2.27. The molecule has 0 atom stereocenters. The molecule has 1 heterocycles. The maximum absolute atomic E-state index is 6.12. The number of nitrogen functional groups attached to an aromatic ring is 1. The van der Waals surface area contributed by atoms with Crippen molar-refractivity contribution in [3.8, 4) is 0 Å². The summed E-state index contributed by atoms with van der Waals surface area (Å²) < 4.78 is 7.65. The molecule has 0 aromatic carbocycles. The number of nitrogens with two attached hydrogens (primary N) is 1. The number of anilines is 2. The summed E-state index contributed by atoms with van der Waals surface area (Å²) in [4.78, 5) is 0. The van der Waals surface area contributed by atoms with Gasteiger partial charge in [-0.1, -0.05) is 26.7 Å². The molecule has 5 heteroatoms. The van der Waals surface area contributed by atoms with Gasteiger partial charge < -0.3 is 15.8 Å². The number of ether oxygens (including phenoxy) is 1. The van der Waals surface area contributed by atoms with Crippen LogP contribution in [-0.4, -0.2) is 29.0 Å². The Balaban J connectivity index is 1.82. The maximum Gasteiger partial charge on any atom is 0.147 e. The van der Waals surface area contributed by atoms with E-state index < -0.39 is 0 Å². The number of hydrogen-bond acceptors (Lipinski definition) is 4. The van der Waals surface area contributed by atoms with Crippen LogP contribution in [0.5, 0.6) is 0 Å². The van der Waals surface area contributed by atoms with Gasteiger partial charge in [-0.15, -0.1) is 0 Å². The van der Waals surface area contributed by atoms with Crippen molar-refractivity contribution < 1.29 is 4.74 Å². The fourth-order valence-corrected chi connectivity index (χ4v) is 2.65. The lowest BCUT2D eigenvalue weighted by atomic mass is 10.1. The zero-order valence-corrected chi connectivity index (χ0v) is 12.3. The SMILES string of the molecule is CC(C)c1nn(C)c(NCCOC2CCCC2)c1N. The van der Waals surface area contributed by atoms with E-state index in [0.717, 1.165) is 30.4 Å². The molecule has 1 aromatic rings. The second kappa shape index (κ2) is 6.28. The monoisotopic (exact) mass is 266 g/mol. The summed E-state index contributed by atoms with van der Waals surface area (Å²) in [7, 11) is 1.92. The van der Waals surface area contributed by atoms with Crippen molar-refractivity contribution in [2.75, 3.05) is 24.2 Å². The number of aromatic nitrogens is 2. The normalized spacial score (nSPS) is 16.4. The van der Waals surface area contributed by atoms with Gasteiger partial charge in [0.1, 0.15) is 5.82 Å². The van der Waals surface area contributed by atoms with Crippen LogP contribution in [0, 0.1) is 0 Å². The number of aryl methyl sites for hydroxylation is 1.